The lowest BCUT2D eigenvalue weighted by Gasteiger charge is -2.28. The maximum atomic E-state index is 5.63. The summed E-state index contributed by atoms with van der Waals surface area (Å²) in [6.45, 7) is 2.95. The van der Waals surface area contributed by atoms with Gasteiger partial charge in [-0.2, -0.15) is 5.10 Å². The van der Waals surface area contributed by atoms with Gasteiger partial charge in [-0.3, -0.25) is 4.68 Å². The van der Waals surface area contributed by atoms with Gasteiger partial charge in [0.1, 0.15) is 0 Å². The molecule has 1 unspecified atom stereocenters. The molecule has 78 valence electrons. The first-order valence-corrected chi connectivity index (χ1v) is 5.53. The van der Waals surface area contributed by atoms with E-state index in [0.717, 1.165) is 13.0 Å². The van der Waals surface area contributed by atoms with Gasteiger partial charge in [-0.25, -0.2) is 0 Å². The number of rotatable bonds is 4. The van der Waals surface area contributed by atoms with E-state index in [0.29, 0.717) is 12.0 Å². The maximum Gasteiger partial charge on any atom is 0.0522 e. The molecule has 0 aromatic carbocycles. The molecular formula is C11H19N3. The van der Waals surface area contributed by atoms with Crippen molar-refractivity contribution in [1.29, 1.82) is 0 Å². The van der Waals surface area contributed by atoms with E-state index in [1.165, 1.54) is 25.0 Å². The molecule has 1 saturated carbocycles. The highest BCUT2D eigenvalue weighted by atomic mass is 15.3. The normalized spacial score (nSPS) is 19.3. The van der Waals surface area contributed by atoms with E-state index in [4.69, 9.17) is 5.73 Å². The lowest BCUT2D eigenvalue weighted by atomic mass is 9.92. The second-order valence-electron chi connectivity index (χ2n) is 4.40. The summed E-state index contributed by atoms with van der Waals surface area (Å²) in [6.07, 6.45) is 6.93. The van der Waals surface area contributed by atoms with Gasteiger partial charge in [-0.15, -0.1) is 0 Å². The van der Waals surface area contributed by atoms with Gasteiger partial charge in [0.25, 0.3) is 0 Å². The van der Waals surface area contributed by atoms with E-state index in [-0.39, 0.29) is 0 Å². The summed E-state index contributed by atoms with van der Waals surface area (Å²) in [5, 5.41) is 4.40. The Hall–Kier alpha value is -0.830. The largest absolute Gasteiger partial charge is 0.330 e. The number of hydrogen-bond donors (Lipinski definition) is 1. The molecule has 3 heteroatoms. The van der Waals surface area contributed by atoms with Crippen LogP contribution in [-0.2, 0) is 6.42 Å². The van der Waals surface area contributed by atoms with E-state index < -0.39 is 0 Å². The molecule has 1 aromatic rings. The van der Waals surface area contributed by atoms with Gasteiger partial charge < -0.3 is 5.73 Å². The highest BCUT2D eigenvalue weighted by Gasteiger charge is 2.22. The van der Waals surface area contributed by atoms with Crippen LogP contribution in [0.5, 0.6) is 0 Å². The molecule has 0 amide bonds. The standard InChI is InChI=1S/C11H19N3/c1-9(8-12)7-11-5-6-13-14(11)10-3-2-4-10/h5-6,9-10H,2-4,7-8,12H2,1H3. The Morgan fingerprint density at radius 1 is 1.64 bits per heavy atom. The minimum absolute atomic E-state index is 0.561. The summed E-state index contributed by atoms with van der Waals surface area (Å²) in [5.74, 6) is 0.561. The molecule has 1 aromatic heterocycles. The molecule has 2 N–H and O–H groups in total. The molecule has 1 atom stereocenters. The van der Waals surface area contributed by atoms with E-state index in [9.17, 15) is 0 Å². The van der Waals surface area contributed by atoms with Crippen LogP contribution >= 0.6 is 0 Å². The van der Waals surface area contributed by atoms with Crippen molar-refractivity contribution < 1.29 is 0 Å². The van der Waals surface area contributed by atoms with Crippen molar-refractivity contribution in [3.05, 3.63) is 18.0 Å². The van der Waals surface area contributed by atoms with Gasteiger partial charge in [0, 0.05) is 11.9 Å². The average Bonchev–Trinajstić information content (AvgIpc) is 2.50. The molecule has 0 bridgehead atoms. The van der Waals surface area contributed by atoms with Crippen molar-refractivity contribution in [2.75, 3.05) is 6.54 Å². The molecule has 0 spiro atoms. The van der Waals surface area contributed by atoms with Crippen LogP contribution < -0.4 is 5.73 Å². The van der Waals surface area contributed by atoms with Gasteiger partial charge >= 0.3 is 0 Å². The first kappa shape index (κ1) is 9.71. The Morgan fingerprint density at radius 2 is 2.43 bits per heavy atom. The van der Waals surface area contributed by atoms with Crippen LogP contribution in [0.15, 0.2) is 12.3 Å². The quantitative estimate of drug-likeness (QED) is 0.791. The summed E-state index contributed by atoms with van der Waals surface area (Å²) < 4.78 is 2.20. The average molecular weight is 193 g/mol. The Balaban J connectivity index is 2.05. The van der Waals surface area contributed by atoms with Crippen LogP contribution in [0.4, 0.5) is 0 Å². The van der Waals surface area contributed by atoms with Gasteiger partial charge in [0.05, 0.1) is 6.04 Å². The van der Waals surface area contributed by atoms with Gasteiger partial charge in [-0.1, -0.05) is 6.92 Å². The van der Waals surface area contributed by atoms with E-state index in [2.05, 4.69) is 22.8 Å². The molecular weight excluding hydrogens is 174 g/mol. The molecule has 3 nitrogen and oxygen atoms in total. The van der Waals surface area contributed by atoms with Crippen LogP contribution in [0.1, 0.15) is 37.9 Å². The number of nitrogens with two attached hydrogens (primary N) is 1. The second kappa shape index (κ2) is 4.13. The van der Waals surface area contributed by atoms with E-state index >= 15 is 0 Å². The lowest BCUT2D eigenvalue weighted by molar-refractivity contribution is 0.279. The second-order valence-corrected chi connectivity index (χ2v) is 4.40. The smallest absolute Gasteiger partial charge is 0.0522 e. The third-order valence-corrected chi connectivity index (χ3v) is 3.13. The van der Waals surface area contributed by atoms with Crippen molar-refractivity contribution in [3.8, 4) is 0 Å². The molecule has 0 aliphatic heterocycles. The fourth-order valence-electron chi connectivity index (χ4n) is 1.90. The van der Waals surface area contributed by atoms with Crippen molar-refractivity contribution in [1.82, 2.24) is 9.78 Å². The summed E-state index contributed by atoms with van der Waals surface area (Å²) in [4.78, 5) is 0. The fourth-order valence-corrected chi connectivity index (χ4v) is 1.90. The third kappa shape index (κ3) is 1.82. The van der Waals surface area contributed by atoms with Gasteiger partial charge in [0.2, 0.25) is 0 Å². The summed E-state index contributed by atoms with van der Waals surface area (Å²) in [6, 6.07) is 2.80. The Kier molecular flexibility index (Phi) is 2.87. The van der Waals surface area contributed by atoms with Crippen molar-refractivity contribution in [2.24, 2.45) is 11.7 Å². The fraction of sp³-hybridized carbons (Fsp3) is 0.727. The van der Waals surface area contributed by atoms with Crippen LogP contribution in [0.2, 0.25) is 0 Å². The van der Waals surface area contributed by atoms with E-state index in [1.54, 1.807) is 0 Å². The highest BCUT2D eigenvalue weighted by Crippen LogP contribution is 2.32. The monoisotopic (exact) mass is 193 g/mol. The molecule has 2 rings (SSSR count). The zero-order valence-corrected chi connectivity index (χ0v) is 8.82. The number of nitrogens with zero attached hydrogens (tertiary/aromatic N) is 2. The van der Waals surface area contributed by atoms with Crippen molar-refractivity contribution >= 4 is 0 Å². The van der Waals surface area contributed by atoms with Crippen LogP contribution in [-0.4, -0.2) is 16.3 Å². The van der Waals surface area contributed by atoms with Gasteiger partial charge in [-0.05, 0) is 44.2 Å². The Bertz CT molecular complexity index is 288. The number of hydrogen-bond acceptors (Lipinski definition) is 2. The molecule has 1 heterocycles. The molecule has 14 heavy (non-hydrogen) atoms. The molecule has 1 aliphatic rings. The number of aromatic nitrogens is 2. The Labute approximate surface area is 85.3 Å². The van der Waals surface area contributed by atoms with Crippen LogP contribution in [0.3, 0.4) is 0 Å². The molecule has 1 fully saturated rings. The Morgan fingerprint density at radius 3 is 3.00 bits per heavy atom. The van der Waals surface area contributed by atoms with Crippen molar-refractivity contribution in [3.63, 3.8) is 0 Å². The summed E-state index contributed by atoms with van der Waals surface area (Å²) in [7, 11) is 0. The molecule has 0 radical (unpaired) electrons. The predicted octanol–water partition coefficient (Wildman–Crippen LogP) is 1.75. The predicted molar refractivity (Wildman–Crippen MR) is 57.0 cm³/mol. The molecule has 0 saturated heterocycles. The summed E-state index contributed by atoms with van der Waals surface area (Å²) >= 11 is 0. The van der Waals surface area contributed by atoms with Crippen LogP contribution in [0, 0.1) is 5.92 Å². The summed E-state index contributed by atoms with van der Waals surface area (Å²) in [5.41, 5.74) is 6.99. The van der Waals surface area contributed by atoms with E-state index in [1.807, 2.05) is 6.20 Å². The molecule has 1 aliphatic carbocycles. The van der Waals surface area contributed by atoms with Gasteiger partial charge in [0.15, 0.2) is 0 Å². The minimum Gasteiger partial charge on any atom is -0.330 e. The van der Waals surface area contributed by atoms with Crippen molar-refractivity contribution in [2.45, 2.75) is 38.6 Å². The van der Waals surface area contributed by atoms with Crippen LogP contribution in [0.25, 0.3) is 0 Å². The minimum atomic E-state index is 0.561. The lowest BCUT2D eigenvalue weighted by Crippen LogP contribution is -2.22. The highest BCUT2D eigenvalue weighted by molar-refractivity contribution is 5.04. The first-order chi connectivity index (χ1) is 6.81. The topological polar surface area (TPSA) is 43.8 Å². The zero-order chi connectivity index (χ0) is 9.97. The maximum absolute atomic E-state index is 5.63. The zero-order valence-electron chi connectivity index (χ0n) is 8.82. The first-order valence-electron chi connectivity index (χ1n) is 5.53. The SMILES string of the molecule is CC(CN)Cc1ccnn1C1CCC1. The third-order valence-electron chi connectivity index (χ3n) is 3.13.